The summed E-state index contributed by atoms with van der Waals surface area (Å²) in [5, 5.41) is 3.78. The van der Waals surface area contributed by atoms with Gasteiger partial charge in [-0.05, 0) is 71.5 Å². The summed E-state index contributed by atoms with van der Waals surface area (Å²) in [6.45, 7) is 0. The zero-order valence-corrected chi connectivity index (χ0v) is 16.5. The molecule has 0 saturated heterocycles. The smallest absolute Gasteiger partial charge is 0.118 e. The molecule has 1 aliphatic carbocycles. The highest BCUT2D eigenvalue weighted by molar-refractivity contribution is 5.82. The summed E-state index contributed by atoms with van der Waals surface area (Å²) in [6.07, 6.45) is 7.72. The maximum absolute atomic E-state index is 5.20. The summed E-state index contributed by atoms with van der Waals surface area (Å²) in [5.41, 5.74) is 6.01. The van der Waals surface area contributed by atoms with Crippen molar-refractivity contribution >= 4 is 17.6 Å². The molecule has 0 fully saturated rings. The van der Waals surface area contributed by atoms with Crippen molar-refractivity contribution in [2.45, 2.75) is 18.4 Å². The third-order valence-electron chi connectivity index (χ3n) is 6.00. The largest absolute Gasteiger partial charge is 0.497 e. The summed E-state index contributed by atoms with van der Waals surface area (Å²) in [7, 11) is 1.67. The van der Waals surface area contributed by atoms with Gasteiger partial charge in [0.2, 0.25) is 0 Å². The standard InChI is InChI=1S/C26H24N2O/c1-29-21-15-9-18(10-16-21)17-27-20-13-11-19(12-14-20)26-24-7-4-6-22(24)23-5-2-3-8-25(23)28-26/h2-6,8-17,22,24,26,28H,7H2,1H3/t22-,24-,26+/m1/s1. The minimum absolute atomic E-state index is 0.324. The number of hydrogen-bond donors (Lipinski definition) is 1. The van der Waals surface area contributed by atoms with Crippen LogP contribution in [0.1, 0.15) is 35.1 Å². The zero-order valence-electron chi connectivity index (χ0n) is 16.5. The number of methoxy groups -OCH3 is 1. The molecule has 1 aliphatic heterocycles. The van der Waals surface area contributed by atoms with Crippen molar-refractivity contribution in [3.05, 3.63) is 102 Å². The lowest BCUT2D eigenvalue weighted by molar-refractivity contribution is 0.415. The third kappa shape index (κ3) is 3.44. The van der Waals surface area contributed by atoms with Crippen LogP contribution in [0.4, 0.5) is 11.4 Å². The third-order valence-corrected chi connectivity index (χ3v) is 6.00. The number of benzene rings is 3. The number of ether oxygens (including phenoxy) is 1. The topological polar surface area (TPSA) is 33.6 Å². The van der Waals surface area contributed by atoms with Crippen LogP contribution in [-0.2, 0) is 0 Å². The first kappa shape index (κ1) is 17.7. The van der Waals surface area contributed by atoms with Crippen LogP contribution in [0.25, 0.3) is 0 Å². The molecule has 0 radical (unpaired) electrons. The first-order valence-electron chi connectivity index (χ1n) is 10.1. The van der Waals surface area contributed by atoms with Crippen LogP contribution >= 0.6 is 0 Å². The molecule has 2 aliphatic rings. The van der Waals surface area contributed by atoms with Gasteiger partial charge in [-0.1, -0.05) is 42.5 Å². The molecule has 1 N–H and O–H groups in total. The van der Waals surface area contributed by atoms with Crippen molar-refractivity contribution in [3.8, 4) is 5.75 Å². The van der Waals surface area contributed by atoms with Gasteiger partial charge in [0.1, 0.15) is 5.75 Å². The molecule has 0 unspecified atom stereocenters. The molecule has 3 atom stereocenters. The van der Waals surface area contributed by atoms with E-state index in [1.54, 1.807) is 7.11 Å². The molecule has 0 amide bonds. The summed E-state index contributed by atoms with van der Waals surface area (Å²) in [6, 6.07) is 25.6. The fraction of sp³-hybridized carbons (Fsp3) is 0.192. The van der Waals surface area contributed by atoms with E-state index in [2.05, 4.69) is 71.0 Å². The number of hydrogen-bond acceptors (Lipinski definition) is 3. The zero-order chi connectivity index (χ0) is 19.6. The molecule has 0 aromatic heterocycles. The van der Waals surface area contributed by atoms with Crippen molar-refractivity contribution in [1.29, 1.82) is 0 Å². The molecule has 5 rings (SSSR count). The second-order valence-corrected chi connectivity index (χ2v) is 7.69. The van der Waals surface area contributed by atoms with Crippen LogP contribution in [0.15, 0.2) is 89.9 Å². The van der Waals surface area contributed by atoms with Gasteiger partial charge in [-0.25, -0.2) is 0 Å². The Morgan fingerprint density at radius 1 is 0.966 bits per heavy atom. The predicted octanol–water partition coefficient (Wildman–Crippen LogP) is 6.27. The minimum Gasteiger partial charge on any atom is -0.497 e. The molecule has 1 heterocycles. The summed E-state index contributed by atoms with van der Waals surface area (Å²) < 4.78 is 5.20. The molecular weight excluding hydrogens is 356 g/mol. The number of anilines is 1. The van der Waals surface area contributed by atoms with Crippen LogP contribution in [0.3, 0.4) is 0 Å². The first-order valence-corrected chi connectivity index (χ1v) is 10.1. The highest BCUT2D eigenvalue weighted by atomic mass is 16.5. The van der Waals surface area contributed by atoms with Crippen molar-refractivity contribution in [2.75, 3.05) is 12.4 Å². The molecule has 0 saturated carbocycles. The second-order valence-electron chi connectivity index (χ2n) is 7.69. The monoisotopic (exact) mass is 380 g/mol. The average molecular weight is 380 g/mol. The Labute approximate surface area is 171 Å². The molecule has 3 aromatic rings. The van der Waals surface area contributed by atoms with Gasteiger partial charge in [-0.3, -0.25) is 4.99 Å². The lowest BCUT2D eigenvalue weighted by Crippen LogP contribution is -2.28. The Kier molecular flexibility index (Phi) is 4.65. The first-order chi connectivity index (χ1) is 14.3. The molecule has 3 nitrogen and oxygen atoms in total. The number of allylic oxidation sites excluding steroid dienone is 2. The molecule has 3 heteroatoms. The Bertz CT molecular complexity index is 1050. The van der Waals surface area contributed by atoms with Gasteiger partial charge in [-0.2, -0.15) is 0 Å². The van der Waals surface area contributed by atoms with Crippen molar-refractivity contribution < 1.29 is 4.74 Å². The Morgan fingerprint density at radius 3 is 2.55 bits per heavy atom. The number of aliphatic imine (C=N–C) groups is 1. The molecule has 29 heavy (non-hydrogen) atoms. The van der Waals surface area contributed by atoms with Gasteiger partial charge in [-0.15, -0.1) is 0 Å². The fourth-order valence-electron chi connectivity index (χ4n) is 4.48. The number of nitrogens with zero attached hydrogens (tertiary/aromatic N) is 1. The number of fused-ring (bicyclic) bond motifs is 3. The van der Waals surface area contributed by atoms with E-state index in [1.165, 1.54) is 16.8 Å². The van der Waals surface area contributed by atoms with E-state index < -0.39 is 0 Å². The number of rotatable bonds is 4. The lowest BCUT2D eigenvalue weighted by atomic mass is 9.77. The second kappa shape index (κ2) is 7.59. The van der Waals surface area contributed by atoms with E-state index in [4.69, 9.17) is 4.74 Å². The Balaban J connectivity index is 1.35. The number of nitrogens with one attached hydrogen (secondary N) is 1. The number of para-hydroxylation sites is 1. The van der Waals surface area contributed by atoms with E-state index >= 15 is 0 Å². The van der Waals surface area contributed by atoms with Gasteiger partial charge in [0.25, 0.3) is 0 Å². The SMILES string of the molecule is COc1ccc(C=Nc2ccc([C@@H]3Nc4ccccc4[C@H]4C=CC[C@H]43)cc2)cc1. The Hall–Kier alpha value is -3.33. The predicted molar refractivity (Wildman–Crippen MR) is 119 cm³/mol. The van der Waals surface area contributed by atoms with Gasteiger partial charge in [0.15, 0.2) is 0 Å². The average Bonchev–Trinajstić information content (AvgIpc) is 3.28. The highest BCUT2D eigenvalue weighted by Gasteiger charge is 2.37. The molecule has 0 bridgehead atoms. The van der Waals surface area contributed by atoms with Crippen LogP contribution in [0.2, 0.25) is 0 Å². The van der Waals surface area contributed by atoms with Gasteiger partial charge >= 0.3 is 0 Å². The lowest BCUT2D eigenvalue weighted by Gasteiger charge is -2.37. The quantitative estimate of drug-likeness (QED) is 0.427. The highest BCUT2D eigenvalue weighted by Crippen LogP contribution is 2.49. The van der Waals surface area contributed by atoms with Crippen molar-refractivity contribution in [2.24, 2.45) is 10.9 Å². The normalized spacial score (nSPS) is 22.2. The van der Waals surface area contributed by atoms with Crippen LogP contribution in [0, 0.1) is 5.92 Å². The van der Waals surface area contributed by atoms with E-state index in [1.807, 2.05) is 30.5 Å². The summed E-state index contributed by atoms with van der Waals surface area (Å²) in [4.78, 5) is 4.62. The summed E-state index contributed by atoms with van der Waals surface area (Å²) in [5.74, 6) is 1.93. The molecule has 3 aromatic carbocycles. The fourth-order valence-corrected chi connectivity index (χ4v) is 4.48. The van der Waals surface area contributed by atoms with Crippen LogP contribution in [0.5, 0.6) is 5.75 Å². The molecule has 144 valence electrons. The Morgan fingerprint density at radius 2 is 1.76 bits per heavy atom. The molecule has 0 spiro atoms. The van der Waals surface area contributed by atoms with E-state index in [9.17, 15) is 0 Å². The van der Waals surface area contributed by atoms with E-state index in [-0.39, 0.29) is 0 Å². The molecular formula is C26H24N2O. The van der Waals surface area contributed by atoms with Crippen molar-refractivity contribution in [1.82, 2.24) is 0 Å². The minimum atomic E-state index is 0.324. The van der Waals surface area contributed by atoms with Gasteiger partial charge < -0.3 is 10.1 Å². The maximum atomic E-state index is 5.20. The van der Waals surface area contributed by atoms with Gasteiger partial charge in [0, 0.05) is 17.8 Å². The van der Waals surface area contributed by atoms with Crippen LogP contribution in [-0.4, -0.2) is 13.3 Å². The van der Waals surface area contributed by atoms with Gasteiger partial charge in [0.05, 0.1) is 18.8 Å². The van der Waals surface area contributed by atoms with Crippen molar-refractivity contribution in [3.63, 3.8) is 0 Å². The summed E-state index contributed by atoms with van der Waals surface area (Å²) >= 11 is 0. The van der Waals surface area contributed by atoms with Crippen LogP contribution < -0.4 is 10.1 Å². The maximum Gasteiger partial charge on any atom is 0.118 e. The van der Waals surface area contributed by atoms with E-state index in [0.29, 0.717) is 17.9 Å². The van der Waals surface area contributed by atoms with E-state index in [0.717, 1.165) is 23.4 Å².